The average Bonchev–Trinajstić information content (AvgIpc) is 3.28. The number of nitrogens with two attached hydrogens (primary N) is 1. The molecule has 1 saturated heterocycles. The first-order chi connectivity index (χ1) is 12.6. The molecule has 1 heterocycles. The Morgan fingerprint density at radius 3 is 2.56 bits per heavy atom. The molecule has 5 unspecified atom stereocenters. The summed E-state index contributed by atoms with van der Waals surface area (Å²) in [6.45, 7) is 2.21. The molecule has 2 saturated carbocycles. The van der Waals surface area contributed by atoms with Gasteiger partial charge in [0.25, 0.3) is 5.91 Å². The van der Waals surface area contributed by atoms with E-state index in [0.717, 1.165) is 32.4 Å². The Balaban J connectivity index is 0.00000210. The summed E-state index contributed by atoms with van der Waals surface area (Å²) in [5.41, 5.74) is 7.05. The average molecular weight is 392 g/mol. The highest BCUT2D eigenvalue weighted by Gasteiger charge is 2.50. The second-order valence-electron chi connectivity index (χ2n) is 8.30. The van der Waals surface area contributed by atoms with E-state index < -0.39 is 0 Å². The molecule has 0 spiro atoms. The first-order valence-electron chi connectivity index (χ1n) is 10.0. The summed E-state index contributed by atoms with van der Waals surface area (Å²) >= 11 is 0. The summed E-state index contributed by atoms with van der Waals surface area (Å²) in [6, 6.07) is 9.34. The number of hydrogen-bond donors (Lipinski definition) is 2. The van der Waals surface area contributed by atoms with Crippen molar-refractivity contribution in [3.63, 3.8) is 0 Å². The van der Waals surface area contributed by atoms with Crippen LogP contribution in [0.15, 0.2) is 30.3 Å². The Hall–Kier alpha value is -1.59. The van der Waals surface area contributed by atoms with E-state index in [4.69, 9.17) is 5.73 Å². The summed E-state index contributed by atoms with van der Waals surface area (Å²) in [5.74, 6) is 1.65. The Kier molecular flexibility index (Phi) is 6.43. The molecule has 4 rings (SSSR count). The van der Waals surface area contributed by atoms with Gasteiger partial charge in [-0.2, -0.15) is 0 Å². The molecule has 1 aromatic rings. The lowest BCUT2D eigenvalue weighted by atomic mass is 9.83. The zero-order valence-corrected chi connectivity index (χ0v) is 16.5. The topological polar surface area (TPSA) is 75.4 Å². The first kappa shape index (κ1) is 20.2. The maximum atomic E-state index is 13.1. The van der Waals surface area contributed by atoms with Crippen LogP contribution in [0.1, 0.15) is 42.5 Å². The number of likely N-dealkylation sites (tertiary alicyclic amines) is 1. The van der Waals surface area contributed by atoms with E-state index in [1.165, 1.54) is 12.8 Å². The van der Waals surface area contributed by atoms with Crippen molar-refractivity contribution >= 4 is 24.2 Å². The van der Waals surface area contributed by atoms with Crippen LogP contribution in [-0.4, -0.2) is 42.4 Å². The van der Waals surface area contributed by atoms with Crippen LogP contribution in [-0.2, 0) is 4.79 Å². The minimum absolute atomic E-state index is 0. The van der Waals surface area contributed by atoms with Gasteiger partial charge >= 0.3 is 0 Å². The second kappa shape index (κ2) is 8.61. The zero-order chi connectivity index (χ0) is 18.1. The van der Waals surface area contributed by atoms with Gasteiger partial charge in [-0.3, -0.25) is 9.59 Å². The lowest BCUT2D eigenvalue weighted by Gasteiger charge is -2.37. The van der Waals surface area contributed by atoms with Gasteiger partial charge in [-0.05, 0) is 62.0 Å². The van der Waals surface area contributed by atoms with E-state index in [1.54, 1.807) is 0 Å². The number of fused-ring (bicyclic) bond motifs is 2. The van der Waals surface area contributed by atoms with Crippen molar-refractivity contribution in [1.82, 2.24) is 10.2 Å². The minimum Gasteiger partial charge on any atom is -0.352 e. The highest BCUT2D eigenvalue weighted by atomic mass is 35.5. The van der Waals surface area contributed by atoms with Crippen molar-refractivity contribution in [3.05, 3.63) is 35.9 Å². The zero-order valence-electron chi connectivity index (χ0n) is 15.7. The van der Waals surface area contributed by atoms with Gasteiger partial charge < -0.3 is 16.0 Å². The number of amides is 2. The number of rotatable bonds is 4. The van der Waals surface area contributed by atoms with Gasteiger partial charge in [-0.15, -0.1) is 12.4 Å². The van der Waals surface area contributed by atoms with Crippen LogP contribution in [0, 0.1) is 23.7 Å². The number of carbonyl (C=O) groups is 2. The first-order valence-corrected chi connectivity index (χ1v) is 10.0. The fraction of sp³-hybridized carbons (Fsp3) is 0.619. The lowest BCUT2D eigenvalue weighted by molar-refractivity contribution is -0.139. The van der Waals surface area contributed by atoms with Crippen molar-refractivity contribution < 1.29 is 9.59 Å². The van der Waals surface area contributed by atoms with Gasteiger partial charge in [0.05, 0.1) is 5.92 Å². The van der Waals surface area contributed by atoms with Crippen LogP contribution < -0.4 is 11.1 Å². The molecule has 0 aromatic heterocycles. The summed E-state index contributed by atoms with van der Waals surface area (Å²) in [5, 5.41) is 3.03. The molecular weight excluding hydrogens is 362 g/mol. The number of hydrogen-bond acceptors (Lipinski definition) is 3. The standard InChI is InChI=1S/C21H29N3O2.ClH/c22-19-17-9-8-16(11-17)18(19)21(26)24-10-4-5-14(13-24)12-23-20(25)15-6-2-1-3-7-15;/h1-3,6-7,14,16-19H,4-5,8-13,22H2,(H,23,25);1H. The maximum absolute atomic E-state index is 13.1. The third-order valence-corrected chi connectivity index (χ3v) is 6.68. The van der Waals surface area contributed by atoms with E-state index >= 15 is 0 Å². The summed E-state index contributed by atoms with van der Waals surface area (Å²) in [7, 11) is 0. The van der Waals surface area contributed by atoms with Gasteiger partial charge in [0.15, 0.2) is 0 Å². The van der Waals surface area contributed by atoms with Crippen molar-refractivity contribution in [2.24, 2.45) is 29.4 Å². The Morgan fingerprint density at radius 1 is 1.11 bits per heavy atom. The summed E-state index contributed by atoms with van der Waals surface area (Å²) in [4.78, 5) is 27.3. The monoisotopic (exact) mass is 391 g/mol. The number of piperidine rings is 1. The molecular formula is C21H30ClN3O2. The van der Waals surface area contributed by atoms with Gasteiger partial charge in [0.2, 0.25) is 5.91 Å². The van der Waals surface area contributed by atoms with E-state index in [9.17, 15) is 9.59 Å². The highest BCUT2D eigenvalue weighted by Crippen LogP contribution is 2.48. The summed E-state index contributed by atoms with van der Waals surface area (Å²) < 4.78 is 0. The van der Waals surface area contributed by atoms with Crippen LogP contribution in [0.4, 0.5) is 0 Å². The third kappa shape index (κ3) is 4.14. The molecule has 6 heteroatoms. The Bertz CT molecular complexity index is 667. The SMILES string of the molecule is Cl.NC1C2CCC(C2)C1C(=O)N1CCCC(CNC(=O)c2ccccc2)C1. The van der Waals surface area contributed by atoms with E-state index in [2.05, 4.69) is 5.32 Å². The predicted octanol–water partition coefficient (Wildman–Crippen LogP) is 2.45. The van der Waals surface area contributed by atoms with E-state index in [0.29, 0.717) is 29.9 Å². The third-order valence-electron chi connectivity index (χ3n) is 6.68. The lowest BCUT2D eigenvalue weighted by Crippen LogP contribution is -2.51. The molecule has 5 atom stereocenters. The molecule has 27 heavy (non-hydrogen) atoms. The largest absolute Gasteiger partial charge is 0.352 e. The molecule has 3 aliphatic rings. The Morgan fingerprint density at radius 2 is 1.85 bits per heavy atom. The maximum Gasteiger partial charge on any atom is 0.251 e. The Labute approximate surface area is 167 Å². The van der Waals surface area contributed by atoms with Crippen LogP contribution in [0.5, 0.6) is 0 Å². The molecule has 2 aliphatic carbocycles. The van der Waals surface area contributed by atoms with Crippen molar-refractivity contribution in [2.75, 3.05) is 19.6 Å². The molecule has 3 N–H and O–H groups in total. The van der Waals surface area contributed by atoms with Crippen LogP contribution in [0.3, 0.4) is 0 Å². The quantitative estimate of drug-likeness (QED) is 0.827. The van der Waals surface area contributed by atoms with Crippen molar-refractivity contribution in [2.45, 2.75) is 38.1 Å². The fourth-order valence-electron chi connectivity index (χ4n) is 5.27. The van der Waals surface area contributed by atoms with Crippen LogP contribution in [0.25, 0.3) is 0 Å². The number of benzene rings is 1. The molecule has 0 radical (unpaired) electrons. The summed E-state index contributed by atoms with van der Waals surface area (Å²) in [6.07, 6.45) is 5.57. The van der Waals surface area contributed by atoms with Crippen molar-refractivity contribution in [3.8, 4) is 0 Å². The van der Waals surface area contributed by atoms with E-state index in [-0.39, 0.29) is 36.2 Å². The van der Waals surface area contributed by atoms with Gasteiger partial charge in [-0.25, -0.2) is 0 Å². The van der Waals surface area contributed by atoms with Crippen LogP contribution in [0.2, 0.25) is 0 Å². The predicted molar refractivity (Wildman–Crippen MR) is 108 cm³/mol. The smallest absolute Gasteiger partial charge is 0.251 e. The normalized spacial score (nSPS) is 32.0. The van der Waals surface area contributed by atoms with Gasteiger partial charge in [-0.1, -0.05) is 18.2 Å². The minimum atomic E-state index is -0.0378. The molecule has 148 valence electrons. The molecule has 3 fully saturated rings. The second-order valence-corrected chi connectivity index (χ2v) is 8.30. The number of nitrogens with zero attached hydrogens (tertiary/aromatic N) is 1. The van der Waals surface area contributed by atoms with Gasteiger partial charge in [0, 0.05) is 31.2 Å². The highest BCUT2D eigenvalue weighted by molar-refractivity contribution is 5.94. The molecule has 1 aromatic carbocycles. The van der Waals surface area contributed by atoms with E-state index in [1.807, 2.05) is 35.2 Å². The van der Waals surface area contributed by atoms with Crippen molar-refractivity contribution in [1.29, 1.82) is 0 Å². The number of nitrogens with one attached hydrogen (secondary N) is 1. The number of halogens is 1. The fourth-order valence-corrected chi connectivity index (χ4v) is 5.27. The van der Waals surface area contributed by atoms with Crippen LogP contribution >= 0.6 is 12.4 Å². The molecule has 1 aliphatic heterocycles. The molecule has 2 bridgehead atoms. The number of carbonyl (C=O) groups excluding carboxylic acids is 2. The molecule has 5 nitrogen and oxygen atoms in total. The van der Waals surface area contributed by atoms with Gasteiger partial charge in [0.1, 0.15) is 0 Å². The molecule has 2 amide bonds.